The molecule has 33 heavy (non-hydrogen) atoms. The van der Waals surface area contributed by atoms with E-state index < -0.39 is 0 Å². The molecule has 1 N–H and O–H groups in total. The van der Waals surface area contributed by atoms with Gasteiger partial charge < -0.3 is 14.8 Å². The monoisotopic (exact) mass is 443 g/mol. The highest BCUT2D eigenvalue weighted by molar-refractivity contribution is 6.04. The van der Waals surface area contributed by atoms with Crippen LogP contribution >= 0.6 is 0 Å². The van der Waals surface area contributed by atoms with Crippen molar-refractivity contribution < 1.29 is 9.59 Å². The number of aryl methyl sites for hydroxylation is 2. The Balaban J connectivity index is 1.52. The third-order valence-corrected chi connectivity index (χ3v) is 6.08. The van der Waals surface area contributed by atoms with Crippen molar-refractivity contribution in [3.8, 4) is 0 Å². The van der Waals surface area contributed by atoms with Gasteiger partial charge in [0.05, 0.1) is 5.52 Å². The largest absolute Gasteiger partial charge is 0.351 e. The second kappa shape index (κ2) is 9.73. The van der Waals surface area contributed by atoms with Gasteiger partial charge in [0.2, 0.25) is 0 Å². The molecule has 0 radical (unpaired) electrons. The number of carbonyl (C=O) groups is 2. The lowest BCUT2D eigenvalue weighted by Gasteiger charge is -2.28. The van der Waals surface area contributed by atoms with Gasteiger partial charge in [0.25, 0.3) is 11.8 Å². The van der Waals surface area contributed by atoms with Crippen molar-refractivity contribution in [2.75, 3.05) is 13.6 Å². The van der Waals surface area contributed by atoms with E-state index in [0.717, 1.165) is 16.5 Å². The molecule has 0 aliphatic heterocycles. The number of amides is 2. The molecule has 0 aliphatic carbocycles. The van der Waals surface area contributed by atoms with E-state index in [2.05, 4.69) is 22.5 Å². The van der Waals surface area contributed by atoms with Crippen LogP contribution in [0.2, 0.25) is 0 Å². The molecule has 2 amide bonds. The van der Waals surface area contributed by atoms with E-state index in [1.54, 1.807) is 20.2 Å². The van der Waals surface area contributed by atoms with Gasteiger partial charge in [-0.3, -0.25) is 14.3 Å². The van der Waals surface area contributed by atoms with E-state index in [4.69, 9.17) is 0 Å². The van der Waals surface area contributed by atoms with Crippen molar-refractivity contribution in [2.45, 2.75) is 18.9 Å². The van der Waals surface area contributed by atoms with Crippen molar-refractivity contribution in [1.29, 1.82) is 0 Å². The molecule has 7 heteroatoms. The molecule has 0 unspecified atom stereocenters. The van der Waals surface area contributed by atoms with E-state index in [9.17, 15) is 9.59 Å². The van der Waals surface area contributed by atoms with E-state index in [-0.39, 0.29) is 17.9 Å². The summed E-state index contributed by atoms with van der Waals surface area (Å²) in [5, 5.41) is 8.34. The van der Waals surface area contributed by atoms with Crippen LogP contribution in [0.25, 0.3) is 10.9 Å². The number of nitrogens with one attached hydrogen (secondary N) is 1. The minimum absolute atomic E-state index is 0.102. The lowest BCUT2D eigenvalue weighted by molar-refractivity contribution is 0.0718. The average molecular weight is 444 g/mol. The third kappa shape index (κ3) is 4.82. The van der Waals surface area contributed by atoms with Crippen LogP contribution in [0.5, 0.6) is 0 Å². The quantitative estimate of drug-likeness (QED) is 0.454. The van der Waals surface area contributed by atoms with Crippen LogP contribution in [0, 0.1) is 0 Å². The summed E-state index contributed by atoms with van der Waals surface area (Å²) in [7, 11) is 5.51. The maximum Gasteiger partial charge on any atom is 0.275 e. The molecule has 0 aliphatic rings. The fourth-order valence-corrected chi connectivity index (χ4v) is 4.16. The molecule has 4 aromatic rings. The third-order valence-electron chi connectivity index (χ3n) is 6.08. The van der Waals surface area contributed by atoms with Gasteiger partial charge in [0.15, 0.2) is 5.69 Å². The Bertz CT molecular complexity index is 1260. The Morgan fingerprint density at radius 1 is 1.00 bits per heavy atom. The topological polar surface area (TPSA) is 72.2 Å². The van der Waals surface area contributed by atoms with Gasteiger partial charge in [-0.25, -0.2) is 0 Å². The summed E-state index contributed by atoms with van der Waals surface area (Å²) in [6.07, 6.45) is 3.16. The van der Waals surface area contributed by atoms with Crippen LogP contribution in [-0.4, -0.2) is 50.7 Å². The van der Waals surface area contributed by atoms with Crippen molar-refractivity contribution in [3.63, 3.8) is 0 Å². The summed E-state index contributed by atoms with van der Waals surface area (Å²) in [6, 6.07) is 21.4. The maximum absolute atomic E-state index is 13.5. The fraction of sp³-hybridized carbons (Fsp3) is 0.269. The van der Waals surface area contributed by atoms with Crippen molar-refractivity contribution >= 4 is 22.7 Å². The number of benzene rings is 2. The summed E-state index contributed by atoms with van der Waals surface area (Å²) in [5.41, 5.74) is 3.12. The number of rotatable bonds is 8. The summed E-state index contributed by atoms with van der Waals surface area (Å²) in [5.74, 6) is -0.243. The maximum atomic E-state index is 13.5. The number of carbonyl (C=O) groups excluding carboxylic acids is 2. The molecule has 0 saturated carbocycles. The number of para-hydroxylation sites is 1. The number of likely N-dealkylation sites (N-methyl/N-ethyl adjacent to an activating group) is 1. The molecular weight excluding hydrogens is 414 g/mol. The molecule has 0 spiro atoms. The zero-order chi connectivity index (χ0) is 23.4. The van der Waals surface area contributed by atoms with Crippen LogP contribution in [0.15, 0.2) is 72.9 Å². The molecule has 0 bridgehead atoms. The Hall–Kier alpha value is -3.87. The van der Waals surface area contributed by atoms with Gasteiger partial charge in [0.1, 0.15) is 5.69 Å². The average Bonchev–Trinajstić information content (AvgIpc) is 3.41. The lowest BCUT2D eigenvalue weighted by Crippen LogP contribution is -2.41. The second-order valence-corrected chi connectivity index (χ2v) is 8.30. The van der Waals surface area contributed by atoms with Crippen LogP contribution in [0.4, 0.5) is 0 Å². The molecule has 1 atom stereocenters. The normalized spacial score (nSPS) is 12.0. The minimum Gasteiger partial charge on any atom is -0.351 e. The molecule has 7 nitrogen and oxygen atoms in total. The predicted octanol–water partition coefficient (Wildman–Crippen LogP) is 3.42. The van der Waals surface area contributed by atoms with E-state index in [0.29, 0.717) is 30.8 Å². The van der Waals surface area contributed by atoms with E-state index in [1.807, 2.05) is 75.9 Å². The van der Waals surface area contributed by atoms with Crippen LogP contribution in [-0.2, 0) is 20.5 Å². The first kappa shape index (κ1) is 22.3. The van der Waals surface area contributed by atoms with Crippen LogP contribution in [0.1, 0.15) is 33.0 Å². The number of hydrogen-bond acceptors (Lipinski definition) is 3. The molecule has 2 heterocycles. The number of aromatic nitrogens is 3. The summed E-state index contributed by atoms with van der Waals surface area (Å²) in [4.78, 5) is 27.8. The first-order valence-corrected chi connectivity index (χ1v) is 11.1. The molecular formula is C26H29N5O2. The van der Waals surface area contributed by atoms with Gasteiger partial charge in [0, 0.05) is 45.3 Å². The summed E-state index contributed by atoms with van der Waals surface area (Å²) in [6.45, 7) is 0.460. The van der Waals surface area contributed by atoms with Crippen molar-refractivity contribution in [1.82, 2.24) is 24.6 Å². The molecule has 2 aromatic heterocycles. The molecule has 2 aromatic carbocycles. The lowest BCUT2D eigenvalue weighted by atomic mass is 10.0. The SMILES string of the molecule is CN(C(=O)c1nn(C)c2ccccc12)[C@H](CCNC(=O)c1cccn1C)Cc1ccccc1. The van der Waals surface area contributed by atoms with Crippen LogP contribution in [0.3, 0.4) is 0 Å². The van der Waals surface area contributed by atoms with E-state index in [1.165, 1.54) is 0 Å². The summed E-state index contributed by atoms with van der Waals surface area (Å²) >= 11 is 0. The Morgan fingerprint density at radius 3 is 2.45 bits per heavy atom. The fourth-order valence-electron chi connectivity index (χ4n) is 4.16. The highest BCUT2D eigenvalue weighted by Crippen LogP contribution is 2.21. The number of nitrogens with zero attached hydrogens (tertiary/aromatic N) is 4. The molecule has 0 fully saturated rings. The zero-order valence-electron chi connectivity index (χ0n) is 19.2. The van der Waals surface area contributed by atoms with Crippen LogP contribution < -0.4 is 5.32 Å². The first-order chi connectivity index (χ1) is 16.0. The molecule has 4 rings (SSSR count). The number of hydrogen-bond donors (Lipinski definition) is 1. The number of fused-ring (bicyclic) bond motifs is 1. The second-order valence-electron chi connectivity index (χ2n) is 8.30. The standard InChI is InChI=1S/C26H29N5O2/c1-29-17-9-14-23(29)25(32)27-16-15-20(18-19-10-5-4-6-11-19)30(2)26(33)24-21-12-7-8-13-22(21)31(3)28-24/h4-14,17,20H,15-16,18H2,1-3H3,(H,27,32)/t20-/m1/s1. The highest BCUT2D eigenvalue weighted by Gasteiger charge is 2.25. The van der Waals surface area contributed by atoms with Gasteiger partial charge in [-0.15, -0.1) is 0 Å². The van der Waals surface area contributed by atoms with E-state index >= 15 is 0 Å². The Morgan fingerprint density at radius 2 is 1.73 bits per heavy atom. The Labute approximate surface area is 193 Å². The van der Waals surface area contributed by atoms with Gasteiger partial charge in [-0.1, -0.05) is 48.5 Å². The summed E-state index contributed by atoms with van der Waals surface area (Å²) < 4.78 is 3.53. The van der Waals surface area contributed by atoms with Gasteiger partial charge in [-0.05, 0) is 36.6 Å². The predicted molar refractivity (Wildman–Crippen MR) is 129 cm³/mol. The van der Waals surface area contributed by atoms with Crippen molar-refractivity contribution in [2.24, 2.45) is 14.1 Å². The smallest absolute Gasteiger partial charge is 0.275 e. The highest BCUT2D eigenvalue weighted by atomic mass is 16.2. The van der Waals surface area contributed by atoms with Gasteiger partial charge >= 0.3 is 0 Å². The first-order valence-electron chi connectivity index (χ1n) is 11.1. The molecule has 0 saturated heterocycles. The molecule has 170 valence electrons. The van der Waals surface area contributed by atoms with Gasteiger partial charge in [-0.2, -0.15) is 5.10 Å². The zero-order valence-corrected chi connectivity index (χ0v) is 19.2. The van der Waals surface area contributed by atoms with Crippen molar-refractivity contribution in [3.05, 3.63) is 89.9 Å². The minimum atomic E-state index is -0.124. The Kier molecular flexibility index (Phi) is 6.58.